The van der Waals surface area contributed by atoms with Crippen molar-refractivity contribution in [3.63, 3.8) is 0 Å². The van der Waals surface area contributed by atoms with Crippen molar-refractivity contribution in [1.82, 2.24) is 0 Å². The summed E-state index contributed by atoms with van der Waals surface area (Å²) in [6.07, 6.45) is 0. The number of esters is 1. The van der Waals surface area contributed by atoms with E-state index in [0.29, 0.717) is 11.4 Å². The molecule has 72 valence electrons. The van der Waals surface area contributed by atoms with Gasteiger partial charge in [-0.25, -0.2) is 4.79 Å². The van der Waals surface area contributed by atoms with Gasteiger partial charge in [0.25, 0.3) is 0 Å². The molecule has 0 bridgehead atoms. The van der Waals surface area contributed by atoms with Gasteiger partial charge in [-0.3, -0.25) is 0 Å². The first-order valence-electron chi connectivity index (χ1n) is 3.78. The number of thioether (sulfide) groups is 1. The number of methoxy groups -OCH3 is 1. The molecule has 0 aromatic carbocycles. The Morgan fingerprint density at radius 1 is 1.77 bits per heavy atom. The lowest BCUT2D eigenvalue weighted by Gasteiger charge is -1.99. The maximum Gasteiger partial charge on any atom is 0.349 e. The molecule has 0 unspecified atom stereocenters. The molecule has 1 rings (SSSR count). The first kappa shape index (κ1) is 10.6. The summed E-state index contributed by atoms with van der Waals surface area (Å²) in [7, 11) is 1.39. The Balaban J connectivity index is 2.71. The lowest BCUT2D eigenvalue weighted by atomic mass is 10.5. The van der Waals surface area contributed by atoms with Crippen LogP contribution in [0.2, 0.25) is 0 Å². The smallest absolute Gasteiger partial charge is 0.349 e. The normalized spacial score (nSPS) is 10.0. The van der Waals surface area contributed by atoms with Crippen molar-refractivity contribution in [3.05, 3.63) is 16.3 Å². The average molecular weight is 217 g/mol. The second kappa shape index (κ2) is 5.26. The molecule has 0 spiro atoms. The number of rotatable bonds is 4. The van der Waals surface area contributed by atoms with E-state index in [-0.39, 0.29) is 5.97 Å². The summed E-state index contributed by atoms with van der Waals surface area (Å²) in [6.45, 7) is 0.612. The van der Waals surface area contributed by atoms with Crippen LogP contribution in [0.5, 0.6) is 0 Å². The molecule has 0 aliphatic rings. The highest BCUT2D eigenvalue weighted by atomic mass is 32.2. The largest absolute Gasteiger partial charge is 0.465 e. The highest BCUT2D eigenvalue weighted by molar-refractivity contribution is 7.99. The molecule has 0 saturated carbocycles. The highest BCUT2D eigenvalue weighted by Crippen LogP contribution is 2.27. The quantitative estimate of drug-likeness (QED) is 0.614. The van der Waals surface area contributed by atoms with Crippen LogP contribution in [-0.4, -0.2) is 25.4 Å². The van der Waals surface area contributed by atoms with E-state index in [4.69, 9.17) is 5.73 Å². The molecule has 0 fully saturated rings. The van der Waals surface area contributed by atoms with Crippen LogP contribution in [0.1, 0.15) is 9.67 Å². The number of hydrogen-bond acceptors (Lipinski definition) is 5. The SMILES string of the molecule is COC(=O)c1sccc1SCCN. The van der Waals surface area contributed by atoms with Gasteiger partial charge in [0.15, 0.2) is 0 Å². The van der Waals surface area contributed by atoms with Crippen LogP contribution in [0, 0.1) is 0 Å². The third-order valence-electron chi connectivity index (χ3n) is 1.38. The van der Waals surface area contributed by atoms with E-state index >= 15 is 0 Å². The van der Waals surface area contributed by atoms with Gasteiger partial charge in [0.2, 0.25) is 0 Å². The molecule has 1 aromatic rings. The molecule has 1 aromatic heterocycles. The van der Waals surface area contributed by atoms with Crippen molar-refractivity contribution < 1.29 is 9.53 Å². The first-order valence-corrected chi connectivity index (χ1v) is 5.64. The van der Waals surface area contributed by atoms with E-state index in [9.17, 15) is 4.79 Å². The molecule has 0 atom stereocenters. The Labute approximate surface area is 85.3 Å². The fraction of sp³-hybridized carbons (Fsp3) is 0.375. The standard InChI is InChI=1S/C8H11NO2S2/c1-11-8(10)7-6(2-4-13-7)12-5-3-9/h2,4H,3,5,9H2,1H3. The molecule has 0 saturated heterocycles. The Morgan fingerprint density at radius 2 is 2.54 bits per heavy atom. The zero-order valence-corrected chi connectivity index (χ0v) is 8.91. The van der Waals surface area contributed by atoms with E-state index < -0.39 is 0 Å². The van der Waals surface area contributed by atoms with Gasteiger partial charge in [0.05, 0.1) is 7.11 Å². The third kappa shape index (κ3) is 2.72. The van der Waals surface area contributed by atoms with Crippen molar-refractivity contribution in [3.8, 4) is 0 Å². The van der Waals surface area contributed by atoms with Crippen LogP contribution in [0.25, 0.3) is 0 Å². The average Bonchev–Trinajstić information content (AvgIpc) is 2.61. The lowest BCUT2D eigenvalue weighted by Crippen LogP contribution is -2.03. The van der Waals surface area contributed by atoms with Crippen molar-refractivity contribution in [1.29, 1.82) is 0 Å². The Hall–Kier alpha value is -0.520. The molecular formula is C8H11NO2S2. The number of carbonyl (C=O) groups is 1. The number of thiophene rings is 1. The van der Waals surface area contributed by atoms with Gasteiger partial charge in [-0.2, -0.15) is 0 Å². The maximum atomic E-state index is 11.2. The fourth-order valence-electron chi connectivity index (χ4n) is 0.822. The van der Waals surface area contributed by atoms with Crippen LogP contribution in [0.4, 0.5) is 0 Å². The lowest BCUT2D eigenvalue weighted by molar-refractivity contribution is 0.0603. The summed E-state index contributed by atoms with van der Waals surface area (Å²) in [6, 6.07) is 1.91. The molecule has 0 amide bonds. The predicted octanol–water partition coefficient (Wildman–Crippen LogP) is 1.59. The minimum Gasteiger partial charge on any atom is -0.465 e. The monoisotopic (exact) mass is 217 g/mol. The minimum absolute atomic E-state index is 0.269. The van der Waals surface area contributed by atoms with E-state index in [0.717, 1.165) is 10.6 Å². The molecule has 1 heterocycles. The van der Waals surface area contributed by atoms with Gasteiger partial charge in [-0.15, -0.1) is 23.1 Å². The van der Waals surface area contributed by atoms with Gasteiger partial charge in [-0.05, 0) is 11.4 Å². The number of hydrogen-bond donors (Lipinski definition) is 1. The van der Waals surface area contributed by atoms with Crippen molar-refractivity contribution in [2.75, 3.05) is 19.4 Å². The fourth-order valence-corrected chi connectivity index (χ4v) is 2.65. The topological polar surface area (TPSA) is 52.3 Å². The summed E-state index contributed by atoms with van der Waals surface area (Å²) in [4.78, 5) is 12.8. The van der Waals surface area contributed by atoms with Gasteiger partial charge in [-0.1, -0.05) is 0 Å². The number of nitrogens with two attached hydrogens (primary N) is 1. The molecule has 0 radical (unpaired) electrons. The van der Waals surface area contributed by atoms with Crippen molar-refractivity contribution >= 4 is 29.1 Å². The van der Waals surface area contributed by atoms with Gasteiger partial charge < -0.3 is 10.5 Å². The molecular weight excluding hydrogens is 206 g/mol. The summed E-state index contributed by atoms with van der Waals surface area (Å²) < 4.78 is 4.64. The second-order valence-corrected chi connectivity index (χ2v) is 4.30. The summed E-state index contributed by atoms with van der Waals surface area (Å²) in [5.41, 5.74) is 5.37. The van der Waals surface area contributed by atoms with Crippen LogP contribution < -0.4 is 5.73 Å². The van der Waals surface area contributed by atoms with Crippen molar-refractivity contribution in [2.24, 2.45) is 5.73 Å². The summed E-state index contributed by atoms with van der Waals surface area (Å²) in [5.74, 6) is 0.551. The molecule has 5 heteroatoms. The third-order valence-corrected chi connectivity index (χ3v) is 3.49. The van der Waals surface area contributed by atoms with E-state index in [1.807, 2.05) is 11.4 Å². The molecule has 0 aliphatic heterocycles. The van der Waals surface area contributed by atoms with Crippen LogP contribution in [0.3, 0.4) is 0 Å². The zero-order chi connectivity index (χ0) is 9.68. The summed E-state index contributed by atoms with van der Waals surface area (Å²) in [5, 5.41) is 1.88. The predicted molar refractivity (Wildman–Crippen MR) is 55.4 cm³/mol. The van der Waals surface area contributed by atoms with Gasteiger partial charge >= 0.3 is 5.97 Å². The molecule has 13 heavy (non-hydrogen) atoms. The van der Waals surface area contributed by atoms with Gasteiger partial charge in [0.1, 0.15) is 4.88 Å². The zero-order valence-electron chi connectivity index (χ0n) is 7.28. The molecule has 0 aliphatic carbocycles. The highest BCUT2D eigenvalue weighted by Gasteiger charge is 2.12. The molecule has 2 N–H and O–H groups in total. The molecule has 3 nitrogen and oxygen atoms in total. The second-order valence-electron chi connectivity index (χ2n) is 2.24. The van der Waals surface area contributed by atoms with Gasteiger partial charge in [0, 0.05) is 17.2 Å². The van der Waals surface area contributed by atoms with Crippen LogP contribution in [-0.2, 0) is 4.74 Å². The number of ether oxygens (including phenoxy) is 1. The Kier molecular flexibility index (Phi) is 4.27. The van der Waals surface area contributed by atoms with Crippen LogP contribution in [0.15, 0.2) is 16.3 Å². The van der Waals surface area contributed by atoms with E-state index in [1.54, 1.807) is 11.8 Å². The van der Waals surface area contributed by atoms with Crippen molar-refractivity contribution in [2.45, 2.75) is 4.90 Å². The van der Waals surface area contributed by atoms with E-state index in [1.165, 1.54) is 18.4 Å². The van der Waals surface area contributed by atoms with E-state index in [2.05, 4.69) is 4.74 Å². The maximum absolute atomic E-state index is 11.2. The Bertz CT molecular complexity index is 285. The van der Waals surface area contributed by atoms with Crippen LogP contribution >= 0.6 is 23.1 Å². The Morgan fingerprint density at radius 3 is 3.15 bits per heavy atom. The summed E-state index contributed by atoms with van der Waals surface area (Å²) >= 11 is 2.98. The number of carbonyl (C=O) groups excluding carboxylic acids is 1. The first-order chi connectivity index (χ1) is 6.29. The minimum atomic E-state index is -0.269.